The van der Waals surface area contributed by atoms with Crippen LogP contribution in [0.1, 0.15) is 27.0 Å². The molecule has 1 amide bonds. The van der Waals surface area contributed by atoms with Gasteiger partial charge in [0.25, 0.3) is 5.91 Å². The van der Waals surface area contributed by atoms with Gasteiger partial charge in [-0.1, -0.05) is 35.9 Å². The highest BCUT2D eigenvalue weighted by atomic mass is 35.5. The number of ether oxygens (including phenoxy) is 1. The average molecular weight is 457 g/mol. The van der Waals surface area contributed by atoms with Crippen molar-refractivity contribution < 1.29 is 9.53 Å². The van der Waals surface area contributed by atoms with Crippen molar-refractivity contribution >= 4 is 34.1 Å². The van der Waals surface area contributed by atoms with Crippen LogP contribution in [0.5, 0.6) is 5.75 Å². The number of nitriles is 1. The summed E-state index contributed by atoms with van der Waals surface area (Å²) in [5, 5.41) is 17.1. The number of hydrogen-bond acceptors (Lipinski definition) is 5. The Bertz CT molecular complexity index is 1350. The summed E-state index contributed by atoms with van der Waals surface area (Å²) >= 11 is 6.27. The lowest BCUT2D eigenvalue weighted by molar-refractivity contribution is 0.0951. The third-order valence-corrected chi connectivity index (χ3v) is 5.53. The third kappa shape index (κ3) is 5.05. The topological polar surface area (TPSA) is 87.0 Å². The van der Waals surface area contributed by atoms with Crippen LogP contribution in [0.2, 0.25) is 5.02 Å². The fourth-order valence-electron chi connectivity index (χ4n) is 3.52. The monoisotopic (exact) mass is 456 g/mol. The number of aromatic nitrogens is 1. The minimum Gasteiger partial charge on any atom is -0.495 e. The Hall–Kier alpha value is -4.08. The molecule has 0 bridgehead atoms. The Morgan fingerprint density at radius 1 is 1.09 bits per heavy atom. The predicted octanol–water partition coefficient (Wildman–Crippen LogP) is 5.31. The molecule has 4 aromatic rings. The van der Waals surface area contributed by atoms with Gasteiger partial charge in [-0.25, -0.2) is 0 Å². The molecule has 7 heteroatoms. The van der Waals surface area contributed by atoms with E-state index in [0.29, 0.717) is 28.4 Å². The number of carbonyl (C=O) groups excluding carboxylic acids is 1. The number of benzene rings is 3. The van der Waals surface area contributed by atoms with Gasteiger partial charge in [0.2, 0.25) is 0 Å². The minimum absolute atomic E-state index is 0.172. The van der Waals surface area contributed by atoms with E-state index in [1.165, 1.54) is 0 Å². The van der Waals surface area contributed by atoms with Crippen LogP contribution in [-0.4, -0.2) is 18.0 Å². The molecule has 0 saturated heterocycles. The van der Waals surface area contributed by atoms with Crippen molar-refractivity contribution in [3.8, 4) is 11.8 Å². The largest absolute Gasteiger partial charge is 0.495 e. The highest BCUT2D eigenvalue weighted by Crippen LogP contribution is 2.29. The number of nitrogens with zero attached hydrogens (tertiary/aromatic N) is 2. The van der Waals surface area contributed by atoms with E-state index in [9.17, 15) is 10.1 Å². The van der Waals surface area contributed by atoms with Crippen LogP contribution >= 0.6 is 11.6 Å². The SMILES string of the molecule is COc1ccc(CNc2c(CNC(=O)c3ccccc3)cnc3ccc(C#N)cc23)cc1Cl. The zero-order valence-electron chi connectivity index (χ0n) is 17.9. The molecule has 0 atom stereocenters. The van der Waals surface area contributed by atoms with E-state index in [4.69, 9.17) is 16.3 Å². The molecular formula is C26H21ClN4O2. The lowest BCUT2D eigenvalue weighted by atomic mass is 10.1. The number of anilines is 1. The molecule has 2 N–H and O–H groups in total. The second kappa shape index (κ2) is 10.0. The first-order chi connectivity index (χ1) is 16.1. The number of amides is 1. The summed E-state index contributed by atoms with van der Waals surface area (Å²) in [6, 6.07) is 22.2. The second-order valence-electron chi connectivity index (χ2n) is 7.37. The quantitative estimate of drug-likeness (QED) is 0.393. The third-order valence-electron chi connectivity index (χ3n) is 5.24. The van der Waals surface area contributed by atoms with Gasteiger partial charge in [-0.3, -0.25) is 9.78 Å². The maximum absolute atomic E-state index is 12.5. The first-order valence-electron chi connectivity index (χ1n) is 10.3. The van der Waals surface area contributed by atoms with Crippen molar-refractivity contribution in [1.29, 1.82) is 5.26 Å². The van der Waals surface area contributed by atoms with Crippen molar-refractivity contribution in [3.05, 3.63) is 100 Å². The molecule has 0 unspecified atom stereocenters. The fourth-order valence-corrected chi connectivity index (χ4v) is 3.80. The lowest BCUT2D eigenvalue weighted by Crippen LogP contribution is -2.23. The fraction of sp³-hybridized carbons (Fsp3) is 0.115. The Balaban J connectivity index is 1.64. The van der Waals surface area contributed by atoms with Crippen molar-refractivity contribution in [1.82, 2.24) is 10.3 Å². The summed E-state index contributed by atoms with van der Waals surface area (Å²) in [6.07, 6.45) is 1.74. The van der Waals surface area contributed by atoms with Crippen molar-refractivity contribution in [3.63, 3.8) is 0 Å². The van der Waals surface area contributed by atoms with Crippen LogP contribution in [-0.2, 0) is 13.1 Å². The molecule has 0 aliphatic heterocycles. The van der Waals surface area contributed by atoms with Gasteiger partial charge >= 0.3 is 0 Å². The number of methoxy groups -OCH3 is 1. The number of carbonyl (C=O) groups is 1. The van der Waals surface area contributed by atoms with Gasteiger partial charge in [0.1, 0.15) is 5.75 Å². The summed E-state index contributed by atoms with van der Waals surface area (Å²) in [4.78, 5) is 17.1. The van der Waals surface area contributed by atoms with E-state index in [1.807, 2.05) is 42.5 Å². The molecule has 1 aromatic heterocycles. The first-order valence-corrected chi connectivity index (χ1v) is 10.7. The normalized spacial score (nSPS) is 10.5. The van der Waals surface area contributed by atoms with Crippen LogP contribution in [0.4, 0.5) is 5.69 Å². The average Bonchev–Trinajstić information content (AvgIpc) is 2.86. The second-order valence-corrected chi connectivity index (χ2v) is 7.78. The minimum atomic E-state index is -0.172. The van der Waals surface area contributed by atoms with Crippen LogP contribution in [0.3, 0.4) is 0 Å². The zero-order chi connectivity index (χ0) is 23.2. The Labute approximate surface area is 196 Å². The number of fused-ring (bicyclic) bond motifs is 1. The lowest BCUT2D eigenvalue weighted by Gasteiger charge is -2.16. The zero-order valence-corrected chi connectivity index (χ0v) is 18.7. The van der Waals surface area contributed by atoms with E-state index in [2.05, 4.69) is 21.7 Å². The molecule has 0 aliphatic carbocycles. The molecule has 164 valence electrons. The van der Waals surface area contributed by atoms with Gasteiger partial charge in [-0.2, -0.15) is 5.26 Å². The van der Waals surface area contributed by atoms with Gasteiger partial charge in [0.15, 0.2) is 0 Å². The molecule has 33 heavy (non-hydrogen) atoms. The molecule has 0 spiro atoms. The van der Waals surface area contributed by atoms with Gasteiger partial charge in [-0.15, -0.1) is 0 Å². The van der Waals surface area contributed by atoms with Gasteiger partial charge in [0.05, 0.1) is 35.0 Å². The van der Waals surface area contributed by atoms with Crippen LogP contribution in [0.15, 0.2) is 72.9 Å². The van der Waals surface area contributed by atoms with E-state index < -0.39 is 0 Å². The van der Waals surface area contributed by atoms with Crippen LogP contribution in [0, 0.1) is 11.3 Å². The Morgan fingerprint density at radius 3 is 2.64 bits per heavy atom. The first kappa shape index (κ1) is 22.1. The molecule has 0 saturated carbocycles. The smallest absolute Gasteiger partial charge is 0.251 e. The van der Waals surface area contributed by atoms with Crippen LogP contribution < -0.4 is 15.4 Å². The standard InChI is InChI=1S/C26H21ClN4O2/c1-33-24-10-8-18(12-22(24)27)14-30-25-20(16-31-26(32)19-5-3-2-4-6-19)15-29-23-9-7-17(13-28)11-21(23)25/h2-12,15H,14,16H2,1H3,(H,29,30)(H,31,32). The number of hydrogen-bond donors (Lipinski definition) is 2. The van der Waals surface area contributed by atoms with Gasteiger partial charge in [0, 0.05) is 35.8 Å². The molecule has 0 fully saturated rings. The molecule has 6 nitrogen and oxygen atoms in total. The van der Waals surface area contributed by atoms with Crippen LogP contribution in [0.25, 0.3) is 10.9 Å². The summed E-state index contributed by atoms with van der Waals surface area (Å²) in [7, 11) is 1.57. The highest BCUT2D eigenvalue weighted by molar-refractivity contribution is 6.32. The molecule has 0 radical (unpaired) electrons. The summed E-state index contributed by atoms with van der Waals surface area (Å²) in [5.74, 6) is 0.437. The molecule has 4 rings (SSSR count). The molecule has 3 aromatic carbocycles. The summed E-state index contributed by atoms with van der Waals surface area (Å²) in [6.45, 7) is 0.762. The summed E-state index contributed by atoms with van der Waals surface area (Å²) < 4.78 is 5.22. The maximum atomic E-state index is 12.5. The predicted molar refractivity (Wildman–Crippen MR) is 129 cm³/mol. The number of rotatable bonds is 7. The van der Waals surface area contributed by atoms with E-state index in [1.54, 1.807) is 37.6 Å². The van der Waals surface area contributed by atoms with E-state index >= 15 is 0 Å². The highest BCUT2D eigenvalue weighted by Gasteiger charge is 2.13. The van der Waals surface area contributed by atoms with Crippen molar-refractivity contribution in [2.24, 2.45) is 0 Å². The number of pyridine rings is 1. The van der Waals surface area contributed by atoms with Gasteiger partial charge in [-0.05, 0) is 48.0 Å². The summed E-state index contributed by atoms with van der Waals surface area (Å²) in [5.41, 5.74) is 4.44. The van der Waals surface area contributed by atoms with Crippen molar-refractivity contribution in [2.75, 3.05) is 12.4 Å². The van der Waals surface area contributed by atoms with Crippen molar-refractivity contribution in [2.45, 2.75) is 13.1 Å². The van der Waals surface area contributed by atoms with E-state index in [-0.39, 0.29) is 12.5 Å². The molecular weight excluding hydrogens is 436 g/mol. The van der Waals surface area contributed by atoms with E-state index in [0.717, 1.165) is 27.7 Å². The molecule has 0 aliphatic rings. The number of halogens is 1. The maximum Gasteiger partial charge on any atom is 0.251 e. The Kier molecular flexibility index (Phi) is 6.72. The van der Waals surface area contributed by atoms with Gasteiger partial charge < -0.3 is 15.4 Å². The number of nitrogens with one attached hydrogen (secondary N) is 2. The molecule has 1 heterocycles. The Morgan fingerprint density at radius 2 is 1.91 bits per heavy atom.